The maximum atomic E-state index is 6.15. The number of hydrogen-bond donors (Lipinski definition) is 1. The average Bonchev–Trinajstić information content (AvgIpc) is 2.41. The van der Waals surface area contributed by atoms with E-state index in [9.17, 15) is 0 Å². The lowest BCUT2D eigenvalue weighted by Gasteiger charge is -2.11. The van der Waals surface area contributed by atoms with Crippen molar-refractivity contribution in [3.05, 3.63) is 55.9 Å². The summed E-state index contributed by atoms with van der Waals surface area (Å²) in [4.78, 5) is 0. The van der Waals surface area contributed by atoms with Gasteiger partial charge in [-0.3, -0.25) is 0 Å². The van der Waals surface area contributed by atoms with Crippen LogP contribution in [-0.4, -0.2) is 7.11 Å². The van der Waals surface area contributed by atoms with Crippen molar-refractivity contribution in [2.75, 3.05) is 12.4 Å². The molecular formula is C14H12Br2ClNO. The van der Waals surface area contributed by atoms with E-state index in [0.29, 0.717) is 6.54 Å². The van der Waals surface area contributed by atoms with Gasteiger partial charge in [-0.2, -0.15) is 0 Å². The van der Waals surface area contributed by atoms with Crippen molar-refractivity contribution < 1.29 is 4.74 Å². The number of halogens is 3. The van der Waals surface area contributed by atoms with Crippen LogP contribution >= 0.6 is 43.5 Å². The van der Waals surface area contributed by atoms with E-state index in [1.807, 2.05) is 36.4 Å². The van der Waals surface area contributed by atoms with Crippen LogP contribution in [0.2, 0.25) is 5.02 Å². The normalized spacial score (nSPS) is 10.3. The quantitative estimate of drug-likeness (QED) is 0.727. The first-order valence-corrected chi connectivity index (χ1v) is 7.58. The van der Waals surface area contributed by atoms with Crippen LogP contribution in [0.1, 0.15) is 5.56 Å². The van der Waals surface area contributed by atoms with Crippen LogP contribution in [0.15, 0.2) is 45.3 Å². The molecule has 0 fully saturated rings. The van der Waals surface area contributed by atoms with E-state index in [2.05, 4.69) is 37.2 Å². The first-order valence-electron chi connectivity index (χ1n) is 5.61. The molecule has 0 aliphatic rings. The molecule has 100 valence electrons. The Hall–Kier alpha value is -0.710. The van der Waals surface area contributed by atoms with E-state index in [0.717, 1.165) is 31.0 Å². The molecule has 2 aromatic rings. The van der Waals surface area contributed by atoms with Crippen molar-refractivity contribution in [3.8, 4) is 5.75 Å². The Bertz CT molecular complexity index is 590. The van der Waals surface area contributed by atoms with Gasteiger partial charge in [0.05, 0.1) is 11.6 Å². The van der Waals surface area contributed by atoms with Gasteiger partial charge in [-0.25, -0.2) is 0 Å². The van der Waals surface area contributed by atoms with Gasteiger partial charge in [0, 0.05) is 27.8 Å². The fourth-order valence-electron chi connectivity index (χ4n) is 1.65. The molecule has 0 saturated heterocycles. The maximum Gasteiger partial charge on any atom is 0.135 e. The van der Waals surface area contributed by atoms with Crippen molar-refractivity contribution in [1.82, 2.24) is 0 Å². The molecule has 0 aromatic heterocycles. The highest BCUT2D eigenvalue weighted by atomic mass is 79.9. The minimum Gasteiger partial charge on any atom is -0.495 e. The van der Waals surface area contributed by atoms with Crippen LogP contribution in [0.3, 0.4) is 0 Å². The summed E-state index contributed by atoms with van der Waals surface area (Å²) in [5.74, 6) is 0.797. The summed E-state index contributed by atoms with van der Waals surface area (Å²) in [6.07, 6.45) is 0. The summed E-state index contributed by atoms with van der Waals surface area (Å²) < 4.78 is 7.21. The molecule has 2 rings (SSSR count). The molecule has 0 radical (unpaired) electrons. The van der Waals surface area contributed by atoms with Crippen LogP contribution in [-0.2, 0) is 6.54 Å². The van der Waals surface area contributed by atoms with Gasteiger partial charge in [0.25, 0.3) is 0 Å². The van der Waals surface area contributed by atoms with Gasteiger partial charge in [-0.15, -0.1) is 0 Å². The third-order valence-electron chi connectivity index (χ3n) is 2.64. The first-order chi connectivity index (χ1) is 9.10. The molecule has 5 heteroatoms. The van der Waals surface area contributed by atoms with Gasteiger partial charge in [-0.05, 0) is 51.8 Å². The second kappa shape index (κ2) is 6.64. The standard InChI is InChI=1S/C14H12Br2ClNO/c1-19-14-7-11(3-4-12(14)16)18-8-9-6-10(15)2-5-13(9)17/h2-7,18H,8H2,1H3. The predicted molar refractivity (Wildman–Crippen MR) is 87.2 cm³/mol. The first kappa shape index (κ1) is 14.7. The van der Waals surface area contributed by atoms with Gasteiger partial charge >= 0.3 is 0 Å². The third kappa shape index (κ3) is 3.88. The molecular weight excluding hydrogens is 393 g/mol. The van der Waals surface area contributed by atoms with Gasteiger partial charge in [-0.1, -0.05) is 27.5 Å². The topological polar surface area (TPSA) is 21.3 Å². The number of anilines is 1. The van der Waals surface area contributed by atoms with E-state index in [4.69, 9.17) is 16.3 Å². The number of nitrogens with one attached hydrogen (secondary N) is 1. The number of ether oxygens (including phenoxy) is 1. The van der Waals surface area contributed by atoms with Crippen LogP contribution in [0.4, 0.5) is 5.69 Å². The fraction of sp³-hybridized carbons (Fsp3) is 0.143. The minimum atomic E-state index is 0.656. The molecule has 0 amide bonds. The Morgan fingerprint density at radius 3 is 2.68 bits per heavy atom. The lowest BCUT2D eigenvalue weighted by molar-refractivity contribution is 0.412. The highest BCUT2D eigenvalue weighted by molar-refractivity contribution is 9.10. The van der Waals surface area contributed by atoms with E-state index in [1.165, 1.54) is 0 Å². The summed E-state index contributed by atoms with van der Waals surface area (Å²) in [5.41, 5.74) is 2.02. The molecule has 0 aliphatic heterocycles. The van der Waals surface area contributed by atoms with Crippen molar-refractivity contribution >= 4 is 49.1 Å². The van der Waals surface area contributed by atoms with Crippen molar-refractivity contribution in [1.29, 1.82) is 0 Å². The molecule has 1 N–H and O–H groups in total. The maximum absolute atomic E-state index is 6.15. The Balaban J connectivity index is 2.12. The van der Waals surface area contributed by atoms with Crippen LogP contribution in [0, 0.1) is 0 Å². The van der Waals surface area contributed by atoms with Crippen LogP contribution in [0.5, 0.6) is 5.75 Å². The van der Waals surface area contributed by atoms with Gasteiger partial charge in [0.1, 0.15) is 5.75 Å². The van der Waals surface area contributed by atoms with Crippen LogP contribution < -0.4 is 10.1 Å². The lowest BCUT2D eigenvalue weighted by atomic mass is 10.2. The molecule has 0 spiro atoms. The number of benzene rings is 2. The summed E-state index contributed by atoms with van der Waals surface area (Å²) in [7, 11) is 1.65. The molecule has 2 nitrogen and oxygen atoms in total. The van der Waals surface area contributed by atoms with Crippen molar-refractivity contribution in [2.45, 2.75) is 6.54 Å². The van der Waals surface area contributed by atoms with Gasteiger partial charge < -0.3 is 10.1 Å². The van der Waals surface area contributed by atoms with Gasteiger partial charge in [0.15, 0.2) is 0 Å². The Kier molecular flexibility index (Phi) is 5.13. The largest absolute Gasteiger partial charge is 0.495 e. The zero-order valence-corrected chi connectivity index (χ0v) is 14.1. The monoisotopic (exact) mass is 403 g/mol. The fourth-order valence-corrected chi connectivity index (χ4v) is 2.65. The van der Waals surface area contributed by atoms with E-state index in [-0.39, 0.29) is 0 Å². The molecule has 0 bridgehead atoms. The van der Waals surface area contributed by atoms with Crippen molar-refractivity contribution in [3.63, 3.8) is 0 Å². The Labute approximate surface area is 134 Å². The molecule has 2 aromatic carbocycles. The zero-order valence-electron chi connectivity index (χ0n) is 10.2. The molecule has 0 unspecified atom stereocenters. The summed E-state index contributed by atoms with van der Waals surface area (Å²) >= 11 is 13.0. The van der Waals surface area contributed by atoms with Gasteiger partial charge in [0.2, 0.25) is 0 Å². The van der Waals surface area contributed by atoms with Crippen LogP contribution in [0.25, 0.3) is 0 Å². The second-order valence-corrected chi connectivity index (χ2v) is 6.12. The third-order valence-corrected chi connectivity index (χ3v) is 4.16. The molecule has 0 aliphatic carbocycles. The SMILES string of the molecule is COc1cc(NCc2cc(Br)ccc2Cl)ccc1Br. The summed E-state index contributed by atoms with van der Waals surface area (Å²) in [6.45, 7) is 0.656. The molecule has 19 heavy (non-hydrogen) atoms. The smallest absolute Gasteiger partial charge is 0.135 e. The highest BCUT2D eigenvalue weighted by Crippen LogP contribution is 2.28. The number of hydrogen-bond acceptors (Lipinski definition) is 2. The second-order valence-electron chi connectivity index (χ2n) is 3.94. The van der Waals surface area contributed by atoms with Crippen molar-refractivity contribution in [2.24, 2.45) is 0 Å². The Morgan fingerprint density at radius 1 is 1.16 bits per heavy atom. The van der Waals surface area contributed by atoms with E-state index >= 15 is 0 Å². The van der Waals surface area contributed by atoms with E-state index < -0.39 is 0 Å². The molecule has 0 saturated carbocycles. The van der Waals surface area contributed by atoms with E-state index in [1.54, 1.807) is 7.11 Å². The summed E-state index contributed by atoms with van der Waals surface area (Å²) in [6, 6.07) is 11.7. The Morgan fingerprint density at radius 2 is 1.95 bits per heavy atom. The minimum absolute atomic E-state index is 0.656. The highest BCUT2D eigenvalue weighted by Gasteiger charge is 2.04. The lowest BCUT2D eigenvalue weighted by Crippen LogP contribution is -2.00. The average molecular weight is 406 g/mol. The molecule has 0 heterocycles. The predicted octanol–water partition coefficient (Wildman–Crippen LogP) is 5.49. The number of methoxy groups -OCH3 is 1. The zero-order chi connectivity index (χ0) is 13.8. The summed E-state index contributed by atoms with van der Waals surface area (Å²) in [5, 5.41) is 4.07. The number of rotatable bonds is 4. The molecule has 0 atom stereocenters.